The highest BCUT2D eigenvalue weighted by molar-refractivity contribution is 6.15. The van der Waals surface area contributed by atoms with Gasteiger partial charge in [0.1, 0.15) is 5.58 Å². The Labute approximate surface area is 312 Å². The van der Waals surface area contributed by atoms with E-state index in [1.165, 1.54) is 66.8 Å². The first-order valence-electron chi connectivity index (χ1n) is 18.9. The van der Waals surface area contributed by atoms with Crippen molar-refractivity contribution < 1.29 is 4.42 Å². The molecule has 1 heterocycles. The molecular weight excluding hydrogens is 643 g/mol. The van der Waals surface area contributed by atoms with E-state index in [9.17, 15) is 0 Å². The van der Waals surface area contributed by atoms with Crippen molar-refractivity contribution in [1.82, 2.24) is 0 Å². The minimum Gasteiger partial charge on any atom is -0.454 e. The maximum Gasteiger partial charge on any atom is 0.158 e. The molecule has 1 aromatic heterocycles. The van der Waals surface area contributed by atoms with E-state index in [0.717, 1.165) is 33.3 Å². The summed E-state index contributed by atoms with van der Waals surface area (Å²) in [4.78, 5) is 0. The molecule has 0 unspecified atom stereocenters. The van der Waals surface area contributed by atoms with Crippen LogP contribution in [-0.2, 0) is 16.2 Å². The normalized spacial score (nSPS) is 14.0. The van der Waals surface area contributed by atoms with E-state index in [0.29, 0.717) is 0 Å². The summed E-state index contributed by atoms with van der Waals surface area (Å²) < 4.78 is 6.72. The lowest BCUT2D eigenvalue weighted by atomic mass is 9.69. The standard InChI is InChI=1S/C51H43NO/c1-49(2,3)32-25-27-35-36-28-26-33(50(4,5)6)30-42(36)51(41(35)29-32)39-20-11-10-17-37(39)47-40(51)21-14-22-43(47)52-44-23-12-19-38-46-34(31-15-8-7-9-16-31)18-13-24-45(46)53-48(38)44/h7-30,52H,1-6H3. The average Bonchev–Trinajstić information content (AvgIpc) is 3.79. The quantitative estimate of drug-likeness (QED) is 0.200. The molecule has 2 nitrogen and oxygen atoms in total. The molecule has 2 aliphatic carbocycles. The monoisotopic (exact) mass is 685 g/mol. The fraction of sp³-hybridized carbons (Fsp3) is 0.176. The van der Waals surface area contributed by atoms with Gasteiger partial charge in [-0.05, 0) is 90.2 Å². The van der Waals surface area contributed by atoms with Gasteiger partial charge in [0.25, 0.3) is 0 Å². The van der Waals surface area contributed by atoms with Crippen LogP contribution < -0.4 is 5.32 Å². The highest BCUT2D eigenvalue weighted by atomic mass is 16.3. The lowest BCUT2D eigenvalue weighted by Crippen LogP contribution is -2.27. The Kier molecular flexibility index (Phi) is 6.65. The van der Waals surface area contributed by atoms with Crippen LogP contribution in [0.4, 0.5) is 11.4 Å². The van der Waals surface area contributed by atoms with Crippen molar-refractivity contribution in [3.05, 3.63) is 179 Å². The average molecular weight is 686 g/mol. The van der Waals surface area contributed by atoms with Crippen LogP contribution in [0.1, 0.15) is 74.9 Å². The Balaban J connectivity index is 1.22. The summed E-state index contributed by atoms with van der Waals surface area (Å²) in [6.45, 7) is 13.9. The predicted octanol–water partition coefficient (Wildman–Crippen LogP) is 13.9. The molecule has 1 spiro atoms. The molecule has 0 fully saturated rings. The van der Waals surface area contributed by atoms with E-state index in [4.69, 9.17) is 4.42 Å². The third-order valence-electron chi connectivity index (χ3n) is 11.8. The van der Waals surface area contributed by atoms with Crippen LogP contribution in [0.5, 0.6) is 0 Å². The van der Waals surface area contributed by atoms with Gasteiger partial charge in [0.15, 0.2) is 5.58 Å². The van der Waals surface area contributed by atoms with Crippen LogP contribution in [0, 0.1) is 0 Å². The summed E-state index contributed by atoms with van der Waals surface area (Å²) in [6.07, 6.45) is 0. The number of anilines is 2. The number of furan rings is 1. The summed E-state index contributed by atoms with van der Waals surface area (Å²) in [5.74, 6) is 0. The molecule has 10 rings (SSSR count). The summed E-state index contributed by atoms with van der Waals surface area (Å²) in [5.41, 5.74) is 19.0. The van der Waals surface area contributed by atoms with Gasteiger partial charge < -0.3 is 9.73 Å². The molecule has 2 aliphatic rings. The first kappa shape index (κ1) is 31.8. The summed E-state index contributed by atoms with van der Waals surface area (Å²) in [5, 5.41) is 6.19. The van der Waals surface area contributed by atoms with E-state index in [1.54, 1.807) is 0 Å². The van der Waals surface area contributed by atoms with Gasteiger partial charge in [-0.25, -0.2) is 0 Å². The van der Waals surface area contributed by atoms with Crippen LogP contribution in [0.25, 0.3) is 55.3 Å². The van der Waals surface area contributed by atoms with Crippen LogP contribution in [0.15, 0.2) is 150 Å². The smallest absolute Gasteiger partial charge is 0.158 e. The summed E-state index contributed by atoms with van der Waals surface area (Å²) in [7, 11) is 0. The second kappa shape index (κ2) is 11.1. The van der Waals surface area contributed by atoms with Gasteiger partial charge in [0.05, 0.1) is 11.1 Å². The Hall–Kier alpha value is -5.86. The maximum atomic E-state index is 6.72. The van der Waals surface area contributed by atoms with E-state index in [1.807, 2.05) is 0 Å². The molecule has 0 saturated heterocycles. The molecule has 0 bridgehead atoms. The summed E-state index contributed by atoms with van der Waals surface area (Å²) in [6, 6.07) is 53.9. The predicted molar refractivity (Wildman–Crippen MR) is 223 cm³/mol. The van der Waals surface area contributed by atoms with Crippen molar-refractivity contribution in [2.75, 3.05) is 5.32 Å². The number of benzene rings is 7. The van der Waals surface area contributed by atoms with Gasteiger partial charge in [-0.15, -0.1) is 0 Å². The molecule has 0 radical (unpaired) electrons. The second-order valence-electron chi connectivity index (χ2n) is 17.0. The minimum absolute atomic E-state index is 0.0115. The second-order valence-corrected chi connectivity index (χ2v) is 17.0. The Bertz CT molecular complexity index is 2700. The molecule has 0 amide bonds. The van der Waals surface area contributed by atoms with Crippen molar-refractivity contribution in [2.24, 2.45) is 0 Å². The fourth-order valence-corrected chi connectivity index (χ4v) is 9.22. The van der Waals surface area contributed by atoms with Gasteiger partial charge in [-0.2, -0.15) is 0 Å². The molecule has 0 saturated carbocycles. The van der Waals surface area contributed by atoms with Gasteiger partial charge in [-0.3, -0.25) is 0 Å². The molecule has 2 heteroatoms. The first-order valence-corrected chi connectivity index (χ1v) is 18.9. The molecule has 8 aromatic rings. The molecule has 258 valence electrons. The van der Waals surface area contributed by atoms with Crippen molar-refractivity contribution in [3.8, 4) is 33.4 Å². The highest BCUT2D eigenvalue weighted by Crippen LogP contribution is 2.64. The van der Waals surface area contributed by atoms with Gasteiger partial charge in [0.2, 0.25) is 0 Å². The Morgan fingerprint density at radius 3 is 1.75 bits per heavy atom. The largest absolute Gasteiger partial charge is 0.454 e. The molecule has 7 aromatic carbocycles. The van der Waals surface area contributed by atoms with Crippen LogP contribution >= 0.6 is 0 Å². The van der Waals surface area contributed by atoms with Gasteiger partial charge >= 0.3 is 0 Å². The van der Waals surface area contributed by atoms with E-state index in [2.05, 4.69) is 192 Å². The number of hydrogen-bond donors (Lipinski definition) is 1. The zero-order chi connectivity index (χ0) is 36.3. The van der Waals surface area contributed by atoms with Gasteiger partial charge in [0, 0.05) is 22.0 Å². The SMILES string of the molecule is CC(C)(C)c1ccc2c(c1)C1(c3cc(C(C)(C)C)ccc3-2)c2ccccc2-c2c(Nc3cccc4c3oc3cccc(-c5ccccc5)c34)cccc21. The van der Waals surface area contributed by atoms with E-state index >= 15 is 0 Å². The molecule has 0 aliphatic heterocycles. The van der Waals surface area contributed by atoms with E-state index in [-0.39, 0.29) is 10.8 Å². The van der Waals surface area contributed by atoms with Crippen molar-refractivity contribution in [3.63, 3.8) is 0 Å². The minimum atomic E-state index is -0.452. The van der Waals surface area contributed by atoms with Crippen molar-refractivity contribution >= 4 is 33.3 Å². The third-order valence-corrected chi connectivity index (χ3v) is 11.8. The zero-order valence-electron chi connectivity index (χ0n) is 31.3. The first-order chi connectivity index (χ1) is 25.5. The van der Waals surface area contributed by atoms with E-state index < -0.39 is 5.41 Å². The van der Waals surface area contributed by atoms with Crippen LogP contribution in [0.3, 0.4) is 0 Å². The molecule has 0 atom stereocenters. The molecule has 1 N–H and O–H groups in total. The lowest BCUT2D eigenvalue weighted by Gasteiger charge is -2.33. The summed E-state index contributed by atoms with van der Waals surface area (Å²) >= 11 is 0. The van der Waals surface area contributed by atoms with Gasteiger partial charge in [-0.1, -0.05) is 169 Å². The van der Waals surface area contributed by atoms with Crippen LogP contribution in [-0.4, -0.2) is 0 Å². The lowest BCUT2D eigenvalue weighted by molar-refractivity contribution is 0.586. The topological polar surface area (TPSA) is 25.2 Å². The number of rotatable bonds is 3. The third kappa shape index (κ3) is 4.51. The Morgan fingerprint density at radius 1 is 0.472 bits per heavy atom. The maximum absolute atomic E-state index is 6.72. The number of fused-ring (bicyclic) bond motifs is 13. The number of nitrogens with one attached hydrogen (secondary N) is 1. The zero-order valence-corrected chi connectivity index (χ0v) is 31.3. The Morgan fingerprint density at radius 2 is 1.06 bits per heavy atom. The van der Waals surface area contributed by atoms with Crippen molar-refractivity contribution in [1.29, 1.82) is 0 Å². The number of para-hydroxylation sites is 1. The molecule has 53 heavy (non-hydrogen) atoms. The van der Waals surface area contributed by atoms with Crippen LogP contribution in [0.2, 0.25) is 0 Å². The molecular formula is C51H43NO. The fourth-order valence-electron chi connectivity index (χ4n) is 9.22. The van der Waals surface area contributed by atoms with Crippen molar-refractivity contribution in [2.45, 2.75) is 57.8 Å². The highest BCUT2D eigenvalue weighted by Gasteiger charge is 2.52. The number of hydrogen-bond acceptors (Lipinski definition) is 2.